The molecule has 1 aliphatic carbocycles. The molecule has 0 aromatic carbocycles. The summed E-state index contributed by atoms with van der Waals surface area (Å²) >= 11 is 0. The minimum Gasteiger partial charge on any atom is -0.390 e. The molecule has 2 rings (SSSR count). The van der Waals surface area contributed by atoms with Gasteiger partial charge in [-0.2, -0.15) is 0 Å². The molecule has 122 valence electrons. The van der Waals surface area contributed by atoms with Gasteiger partial charge in [0.1, 0.15) is 0 Å². The minimum atomic E-state index is -0.608. The van der Waals surface area contributed by atoms with Crippen molar-refractivity contribution in [2.45, 2.75) is 64.9 Å². The molecule has 0 spiro atoms. The smallest absolute Gasteiger partial charge is 0.223 e. The number of rotatable bonds is 5. The van der Waals surface area contributed by atoms with Crippen LogP contribution >= 0.6 is 0 Å². The second kappa shape index (κ2) is 6.66. The van der Waals surface area contributed by atoms with E-state index in [0.717, 1.165) is 45.4 Å². The molecule has 4 heteroatoms. The van der Waals surface area contributed by atoms with E-state index in [9.17, 15) is 9.90 Å². The summed E-state index contributed by atoms with van der Waals surface area (Å²) in [6.07, 6.45) is 5.27. The SMILES string of the molecule is CC(C)(C)CCC1(O)CC(C(=O)NC[C@@H]2CCCOC2)C1. The van der Waals surface area contributed by atoms with Gasteiger partial charge >= 0.3 is 0 Å². The Morgan fingerprint density at radius 1 is 1.38 bits per heavy atom. The minimum absolute atomic E-state index is 0.000484. The molecule has 1 amide bonds. The molecular formula is C17H31NO3. The summed E-state index contributed by atoms with van der Waals surface area (Å²) in [6, 6.07) is 0. The highest BCUT2D eigenvalue weighted by Gasteiger charge is 2.46. The number of ether oxygens (including phenoxy) is 1. The van der Waals surface area contributed by atoms with Crippen molar-refractivity contribution in [2.24, 2.45) is 17.3 Å². The molecule has 0 unspecified atom stereocenters. The normalized spacial score (nSPS) is 33.3. The number of aliphatic hydroxyl groups is 1. The van der Waals surface area contributed by atoms with Gasteiger partial charge in [0.2, 0.25) is 5.91 Å². The molecule has 2 aliphatic rings. The molecule has 1 atom stereocenters. The first-order valence-corrected chi connectivity index (χ1v) is 8.35. The number of nitrogens with one attached hydrogen (secondary N) is 1. The molecular weight excluding hydrogens is 266 g/mol. The molecule has 0 aromatic rings. The maximum Gasteiger partial charge on any atom is 0.223 e. The van der Waals surface area contributed by atoms with Crippen LogP contribution in [0.3, 0.4) is 0 Å². The number of hydrogen-bond donors (Lipinski definition) is 2. The van der Waals surface area contributed by atoms with Crippen LogP contribution in [0.25, 0.3) is 0 Å². The van der Waals surface area contributed by atoms with Gasteiger partial charge in [-0.25, -0.2) is 0 Å². The van der Waals surface area contributed by atoms with Crippen LogP contribution in [0.15, 0.2) is 0 Å². The summed E-state index contributed by atoms with van der Waals surface area (Å²) in [5, 5.41) is 13.4. The second-order valence-corrected chi connectivity index (χ2v) is 8.22. The Bertz CT molecular complexity index is 350. The Hall–Kier alpha value is -0.610. The maximum atomic E-state index is 12.1. The Kier molecular flexibility index (Phi) is 5.31. The van der Waals surface area contributed by atoms with Crippen molar-refractivity contribution >= 4 is 5.91 Å². The molecule has 1 saturated heterocycles. The third kappa shape index (κ3) is 5.26. The Balaban J connectivity index is 1.64. The van der Waals surface area contributed by atoms with E-state index in [1.165, 1.54) is 0 Å². The van der Waals surface area contributed by atoms with Crippen molar-refractivity contribution in [1.82, 2.24) is 5.32 Å². The lowest BCUT2D eigenvalue weighted by atomic mass is 9.66. The Morgan fingerprint density at radius 3 is 2.67 bits per heavy atom. The highest BCUT2D eigenvalue weighted by Crippen LogP contribution is 2.43. The summed E-state index contributed by atoms with van der Waals surface area (Å²) in [5.74, 6) is 0.572. The van der Waals surface area contributed by atoms with Gasteiger partial charge in [-0.05, 0) is 49.9 Å². The topological polar surface area (TPSA) is 58.6 Å². The van der Waals surface area contributed by atoms with E-state index in [-0.39, 0.29) is 17.2 Å². The van der Waals surface area contributed by atoms with Crippen molar-refractivity contribution in [2.75, 3.05) is 19.8 Å². The lowest BCUT2D eigenvalue weighted by molar-refractivity contribution is -0.143. The van der Waals surface area contributed by atoms with Gasteiger partial charge < -0.3 is 15.2 Å². The van der Waals surface area contributed by atoms with Gasteiger partial charge in [-0.1, -0.05) is 20.8 Å². The summed E-state index contributed by atoms with van der Waals surface area (Å²) < 4.78 is 5.42. The highest BCUT2D eigenvalue weighted by atomic mass is 16.5. The first kappa shape index (κ1) is 16.8. The van der Waals surface area contributed by atoms with E-state index >= 15 is 0 Å². The predicted octanol–water partition coefficient (Wildman–Crippen LogP) is 2.50. The zero-order valence-electron chi connectivity index (χ0n) is 13.8. The molecule has 1 aliphatic heterocycles. The van der Waals surface area contributed by atoms with E-state index < -0.39 is 5.60 Å². The van der Waals surface area contributed by atoms with Crippen molar-refractivity contribution in [1.29, 1.82) is 0 Å². The maximum absolute atomic E-state index is 12.1. The largest absolute Gasteiger partial charge is 0.390 e. The molecule has 2 N–H and O–H groups in total. The fraction of sp³-hybridized carbons (Fsp3) is 0.941. The van der Waals surface area contributed by atoms with Crippen LogP contribution in [0.4, 0.5) is 0 Å². The third-order valence-corrected chi connectivity index (χ3v) is 4.78. The average Bonchev–Trinajstić information content (AvgIpc) is 2.40. The van der Waals surface area contributed by atoms with Crippen molar-refractivity contribution in [3.8, 4) is 0 Å². The molecule has 21 heavy (non-hydrogen) atoms. The standard InChI is InChI=1S/C17H31NO3/c1-16(2,3)6-7-17(20)9-14(10-17)15(19)18-11-13-5-4-8-21-12-13/h13-14,20H,4-12H2,1-3H3,(H,18,19)/t13-,14?,17?/m0/s1. The molecule has 1 heterocycles. The molecule has 0 bridgehead atoms. The molecule has 4 nitrogen and oxygen atoms in total. The molecule has 0 radical (unpaired) electrons. The van der Waals surface area contributed by atoms with Crippen LogP contribution in [0.5, 0.6) is 0 Å². The van der Waals surface area contributed by atoms with Crippen LogP contribution < -0.4 is 5.32 Å². The molecule has 2 fully saturated rings. The summed E-state index contributed by atoms with van der Waals surface area (Å²) in [4.78, 5) is 12.1. The van der Waals surface area contributed by atoms with Crippen molar-refractivity contribution in [3.63, 3.8) is 0 Å². The summed E-state index contributed by atoms with van der Waals surface area (Å²) in [6.45, 7) is 8.90. The van der Waals surface area contributed by atoms with E-state index in [4.69, 9.17) is 4.74 Å². The van der Waals surface area contributed by atoms with Crippen LogP contribution in [0.1, 0.15) is 59.3 Å². The van der Waals surface area contributed by atoms with E-state index in [1.54, 1.807) is 0 Å². The van der Waals surface area contributed by atoms with E-state index in [1.807, 2.05) is 0 Å². The van der Waals surface area contributed by atoms with Crippen LogP contribution in [0.2, 0.25) is 0 Å². The second-order valence-electron chi connectivity index (χ2n) is 8.22. The number of hydrogen-bond acceptors (Lipinski definition) is 3. The molecule has 1 saturated carbocycles. The average molecular weight is 297 g/mol. The van der Waals surface area contributed by atoms with Gasteiger partial charge in [0.25, 0.3) is 0 Å². The number of carbonyl (C=O) groups is 1. The van der Waals surface area contributed by atoms with Crippen LogP contribution in [-0.2, 0) is 9.53 Å². The molecule has 0 aromatic heterocycles. The number of carbonyl (C=O) groups excluding carboxylic acids is 1. The van der Waals surface area contributed by atoms with Gasteiger partial charge in [0.15, 0.2) is 0 Å². The van der Waals surface area contributed by atoms with E-state index in [2.05, 4.69) is 26.1 Å². The van der Waals surface area contributed by atoms with Gasteiger partial charge in [0.05, 0.1) is 12.2 Å². The van der Waals surface area contributed by atoms with Gasteiger partial charge in [0, 0.05) is 19.1 Å². The monoisotopic (exact) mass is 297 g/mol. The summed E-state index contributed by atoms with van der Waals surface area (Å²) in [5.41, 5.74) is -0.368. The predicted molar refractivity (Wildman–Crippen MR) is 82.9 cm³/mol. The number of amides is 1. The van der Waals surface area contributed by atoms with Gasteiger partial charge in [-0.15, -0.1) is 0 Å². The van der Waals surface area contributed by atoms with Crippen molar-refractivity contribution < 1.29 is 14.6 Å². The third-order valence-electron chi connectivity index (χ3n) is 4.78. The van der Waals surface area contributed by atoms with Crippen LogP contribution in [0, 0.1) is 17.3 Å². The fourth-order valence-electron chi connectivity index (χ4n) is 3.21. The Labute approximate surface area is 128 Å². The van der Waals surface area contributed by atoms with Crippen LogP contribution in [-0.4, -0.2) is 36.4 Å². The fourth-order valence-corrected chi connectivity index (χ4v) is 3.21. The Morgan fingerprint density at radius 2 is 2.10 bits per heavy atom. The zero-order chi connectivity index (χ0) is 15.5. The first-order valence-electron chi connectivity index (χ1n) is 8.35. The van der Waals surface area contributed by atoms with Gasteiger partial charge in [-0.3, -0.25) is 4.79 Å². The highest BCUT2D eigenvalue weighted by molar-refractivity contribution is 5.79. The van der Waals surface area contributed by atoms with E-state index in [0.29, 0.717) is 18.8 Å². The zero-order valence-corrected chi connectivity index (χ0v) is 13.8. The quantitative estimate of drug-likeness (QED) is 0.819. The lowest BCUT2D eigenvalue weighted by Gasteiger charge is -2.44. The summed E-state index contributed by atoms with van der Waals surface area (Å²) in [7, 11) is 0. The lowest BCUT2D eigenvalue weighted by Crippen LogP contribution is -2.51. The van der Waals surface area contributed by atoms with Crippen molar-refractivity contribution in [3.05, 3.63) is 0 Å². The first-order chi connectivity index (χ1) is 9.77.